The smallest absolute Gasteiger partial charge is 0.336 e. The first-order valence-electron chi connectivity index (χ1n) is 9.25. The molecule has 3 rings (SSSR count). The number of carbonyl (C=O) groups is 1. The van der Waals surface area contributed by atoms with Crippen LogP contribution in [0.15, 0.2) is 23.1 Å². The number of hydrogen-bond acceptors (Lipinski definition) is 4. The van der Waals surface area contributed by atoms with E-state index < -0.39 is 33.3 Å². The first-order chi connectivity index (χ1) is 12.8. The van der Waals surface area contributed by atoms with E-state index in [1.807, 2.05) is 0 Å². The Bertz CT molecular complexity index is 875. The maximum atomic E-state index is 13.4. The van der Waals surface area contributed by atoms with Crippen molar-refractivity contribution < 1.29 is 26.4 Å². The summed E-state index contributed by atoms with van der Waals surface area (Å²) in [5.74, 6) is -1.37. The van der Waals surface area contributed by atoms with Crippen molar-refractivity contribution in [3.63, 3.8) is 0 Å². The zero-order chi connectivity index (χ0) is 20.9. The molecule has 2 aliphatic rings. The highest BCUT2D eigenvalue weighted by Crippen LogP contribution is 2.62. The predicted octanol–water partition coefficient (Wildman–Crippen LogP) is 2.83. The van der Waals surface area contributed by atoms with Gasteiger partial charge in [0.15, 0.2) is 9.84 Å². The molecule has 1 aromatic rings. The molecule has 156 valence electrons. The number of alkyl halides is 3. The van der Waals surface area contributed by atoms with Crippen LogP contribution >= 0.6 is 0 Å². The Balaban J connectivity index is 1.99. The Labute approximate surface area is 163 Å². The third-order valence-corrected chi connectivity index (χ3v) is 7.05. The second-order valence-corrected chi connectivity index (χ2v) is 10.2. The maximum absolute atomic E-state index is 13.4. The molecule has 0 bridgehead atoms. The molecule has 1 saturated heterocycles. The predicted molar refractivity (Wildman–Crippen MR) is 99.0 cm³/mol. The fourth-order valence-corrected chi connectivity index (χ4v) is 4.51. The molecule has 1 N–H and O–H groups in total. The minimum absolute atomic E-state index is 0.00187. The third-order valence-electron chi connectivity index (χ3n) is 5.94. The lowest BCUT2D eigenvalue weighted by Gasteiger charge is -2.30. The summed E-state index contributed by atoms with van der Waals surface area (Å²) in [4.78, 5) is 14.7. The van der Waals surface area contributed by atoms with Gasteiger partial charge in [-0.25, -0.2) is 8.42 Å². The van der Waals surface area contributed by atoms with E-state index in [2.05, 4.69) is 5.32 Å². The van der Waals surface area contributed by atoms with E-state index in [0.29, 0.717) is 38.2 Å². The average Bonchev–Trinajstić information content (AvgIpc) is 3.41. The molecule has 1 heterocycles. The molecule has 0 spiro atoms. The minimum Gasteiger partial charge on any atom is -0.336 e. The molecule has 2 atom stereocenters. The van der Waals surface area contributed by atoms with Crippen LogP contribution in [0, 0.1) is 11.3 Å². The molecule has 9 heteroatoms. The molecule has 1 unspecified atom stereocenters. The van der Waals surface area contributed by atoms with Crippen molar-refractivity contribution >= 4 is 15.7 Å². The van der Waals surface area contributed by atoms with Gasteiger partial charge < -0.3 is 10.2 Å². The van der Waals surface area contributed by atoms with Gasteiger partial charge in [-0.1, -0.05) is 19.9 Å². The minimum atomic E-state index is -4.35. The SMILES string of the molecule is CC(C)([C@@H]1CC1c1ccc(S(C)(=O)=O)cc1C(=O)N1CCNCC1)C(F)(F)F. The highest BCUT2D eigenvalue weighted by molar-refractivity contribution is 7.90. The summed E-state index contributed by atoms with van der Waals surface area (Å²) in [6.07, 6.45) is -2.97. The summed E-state index contributed by atoms with van der Waals surface area (Å²) in [6.45, 7) is 4.56. The number of carbonyl (C=O) groups excluding carboxylic acids is 1. The summed E-state index contributed by atoms with van der Waals surface area (Å²) < 4.78 is 64.2. The number of sulfone groups is 1. The quantitative estimate of drug-likeness (QED) is 0.817. The van der Waals surface area contributed by atoms with Crippen LogP contribution in [0.25, 0.3) is 0 Å². The van der Waals surface area contributed by atoms with Gasteiger partial charge in [-0.2, -0.15) is 13.2 Å². The van der Waals surface area contributed by atoms with E-state index in [1.54, 1.807) is 4.90 Å². The van der Waals surface area contributed by atoms with Crippen LogP contribution in [0.4, 0.5) is 13.2 Å². The van der Waals surface area contributed by atoms with E-state index in [-0.39, 0.29) is 16.4 Å². The van der Waals surface area contributed by atoms with Crippen LogP contribution in [0.3, 0.4) is 0 Å². The first-order valence-corrected chi connectivity index (χ1v) is 11.1. The van der Waals surface area contributed by atoms with Gasteiger partial charge in [0, 0.05) is 38.0 Å². The monoisotopic (exact) mass is 418 g/mol. The third kappa shape index (κ3) is 3.91. The summed E-state index contributed by atoms with van der Waals surface area (Å²) >= 11 is 0. The molecule has 1 amide bonds. The van der Waals surface area contributed by atoms with Crippen molar-refractivity contribution in [2.45, 2.75) is 37.3 Å². The molecule has 0 aromatic heterocycles. The van der Waals surface area contributed by atoms with Gasteiger partial charge in [-0.05, 0) is 36.0 Å². The van der Waals surface area contributed by atoms with Crippen molar-refractivity contribution in [2.75, 3.05) is 32.4 Å². The molecule has 1 saturated carbocycles. The normalized spacial score (nSPS) is 23.6. The van der Waals surface area contributed by atoms with E-state index >= 15 is 0 Å². The standard InChI is InChI=1S/C19H25F3N2O3S/c1-18(2,19(20,21)22)16-11-14(16)13-5-4-12(28(3,26)27)10-15(13)17(25)24-8-6-23-7-9-24/h4-5,10,14,16,23H,6-9,11H2,1-3H3/t14?,16-/m1/s1. The fourth-order valence-electron chi connectivity index (χ4n) is 3.86. The second kappa shape index (κ2) is 7.02. The zero-order valence-electron chi connectivity index (χ0n) is 16.1. The van der Waals surface area contributed by atoms with Gasteiger partial charge in [0.1, 0.15) is 0 Å². The summed E-state index contributed by atoms with van der Waals surface area (Å²) in [5, 5.41) is 3.14. The summed E-state index contributed by atoms with van der Waals surface area (Å²) in [5.41, 5.74) is -1.16. The number of piperazine rings is 1. The van der Waals surface area contributed by atoms with E-state index in [1.165, 1.54) is 32.0 Å². The zero-order valence-corrected chi connectivity index (χ0v) is 17.0. The Morgan fingerprint density at radius 3 is 2.32 bits per heavy atom. The number of halogens is 3. The molecule has 2 fully saturated rings. The number of nitrogens with one attached hydrogen (secondary N) is 1. The number of nitrogens with zero attached hydrogens (tertiary/aromatic N) is 1. The topological polar surface area (TPSA) is 66.5 Å². The number of rotatable bonds is 4. The Kier molecular flexibility index (Phi) is 5.29. The lowest BCUT2D eigenvalue weighted by Crippen LogP contribution is -2.46. The largest absolute Gasteiger partial charge is 0.394 e. The lowest BCUT2D eigenvalue weighted by atomic mass is 9.84. The van der Waals surface area contributed by atoms with Gasteiger partial charge in [0.05, 0.1) is 10.3 Å². The molecule has 1 aliphatic heterocycles. The molecule has 28 heavy (non-hydrogen) atoms. The van der Waals surface area contributed by atoms with Gasteiger partial charge >= 0.3 is 6.18 Å². The van der Waals surface area contributed by atoms with E-state index in [0.717, 1.165) is 6.26 Å². The number of amides is 1. The Hall–Kier alpha value is -1.61. The molecule has 1 aromatic carbocycles. The van der Waals surface area contributed by atoms with Crippen LogP contribution in [0.5, 0.6) is 0 Å². The number of hydrogen-bond donors (Lipinski definition) is 1. The average molecular weight is 418 g/mol. The van der Waals surface area contributed by atoms with Crippen molar-refractivity contribution in [3.05, 3.63) is 29.3 Å². The van der Waals surface area contributed by atoms with Crippen LogP contribution in [-0.4, -0.2) is 57.8 Å². The van der Waals surface area contributed by atoms with Gasteiger partial charge in [-0.15, -0.1) is 0 Å². The molecular formula is C19H25F3N2O3S. The van der Waals surface area contributed by atoms with E-state index in [9.17, 15) is 26.4 Å². The highest BCUT2D eigenvalue weighted by atomic mass is 32.2. The van der Waals surface area contributed by atoms with E-state index in [4.69, 9.17) is 0 Å². The van der Waals surface area contributed by atoms with Gasteiger partial charge in [0.25, 0.3) is 5.91 Å². The first kappa shape index (κ1) is 21.1. The lowest BCUT2D eigenvalue weighted by molar-refractivity contribution is -0.219. The van der Waals surface area contributed by atoms with Gasteiger partial charge in [-0.3, -0.25) is 4.79 Å². The molecule has 0 radical (unpaired) electrons. The van der Waals surface area contributed by atoms with Crippen molar-refractivity contribution in [2.24, 2.45) is 11.3 Å². The second-order valence-electron chi connectivity index (χ2n) is 8.23. The van der Waals surface area contributed by atoms with Crippen LogP contribution in [0.1, 0.15) is 42.1 Å². The Morgan fingerprint density at radius 2 is 1.79 bits per heavy atom. The summed E-state index contributed by atoms with van der Waals surface area (Å²) in [6, 6.07) is 4.23. The highest BCUT2D eigenvalue weighted by Gasteiger charge is 2.61. The van der Waals surface area contributed by atoms with Crippen LogP contribution in [0.2, 0.25) is 0 Å². The van der Waals surface area contributed by atoms with Crippen LogP contribution in [-0.2, 0) is 9.84 Å². The van der Waals surface area contributed by atoms with Crippen molar-refractivity contribution in [1.82, 2.24) is 10.2 Å². The summed E-state index contributed by atoms with van der Waals surface area (Å²) in [7, 11) is -3.54. The van der Waals surface area contributed by atoms with Crippen molar-refractivity contribution in [3.8, 4) is 0 Å². The maximum Gasteiger partial charge on any atom is 0.394 e. The molecule has 5 nitrogen and oxygen atoms in total. The fraction of sp³-hybridized carbons (Fsp3) is 0.632. The van der Waals surface area contributed by atoms with Gasteiger partial charge in [0.2, 0.25) is 0 Å². The number of benzene rings is 1. The Morgan fingerprint density at radius 1 is 1.18 bits per heavy atom. The van der Waals surface area contributed by atoms with Crippen molar-refractivity contribution in [1.29, 1.82) is 0 Å². The molecular weight excluding hydrogens is 393 g/mol. The van der Waals surface area contributed by atoms with Crippen LogP contribution < -0.4 is 5.32 Å². The molecule has 1 aliphatic carbocycles.